The molecule has 0 spiro atoms. The van der Waals surface area contributed by atoms with Gasteiger partial charge in [-0.05, 0) is 20.8 Å². The van der Waals surface area contributed by atoms with E-state index < -0.39 is 0 Å². The molecule has 1 rings (SSSR count). The zero-order chi connectivity index (χ0) is 15.0. The molecule has 0 radical (unpaired) electrons. The van der Waals surface area contributed by atoms with Crippen molar-refractivity contribution in [2.24, 2.45) is 0 Å². The molecule has 6 heteroatoms. The van der Waals surface area contributed by atoms with Gasteiger partial charge in [-0.3, -0.25) is 9.80 Å². The number of carbonyl (C=O) groups excluding carboxylic acids is 1. The normalized spacial score (nSPS) is 18.0. The number of piperazine rings is 1. The largest absolute Gasteiger partial charge is 0.448 e. The lowest BCUT2D eigenvalue weighted by Crippen LogP contribution is -2.48. The fourth-order valence-electron chi connectivity index (χ4n) is 2.06. The average Bonchev–Trinajstić information content (AvgIpc) is 2.39. The lowest BCUT2D eigenvalue weighted by Gasteiger charge is -2.34. The van der Waals surface area contributed by atoms with Crippen LogP contribution in [-0.2, 0) is 9.47 Å². The second-order valence-corrected chi connectivity index (χ2v) is 6.03. The molecule has 1 N–H and O–H groups in total. The van der Waals surface area contributed by atoms with Gasteiger partial charge >= 0.3 is 6.09 Å². The third-order valence-electron chi connectivity index (χ3n) is 3.25. The van der Waals surface area contributed by atoms with Crippen molar-refractivity contribution in [2.45, 2.75) is 26.4 Å². The summed E-state index contributed by atoms with van der Waals surface area (Å²) in [7, 11) is 1.57. The SMILES string of the molecule is CNC(=O)OCCN1CCN(CCOC(C)(C)C)CC1. The second-order valence-electron chi connectivity index (χ2n) is 6.03. The molecule has 1 heterocycles. The number of rotatable bonds is 6. The molecule has 1 fully saturated rings. The van der Waals surface area contributed by atoms with Crippen LogP contribution in [0, 0.1) is 0 Å². The molecule has 6 nitrogen and oxygen atoms in total. The number of ether oxygens (including phenoxy) is 2. The second kappa shape index (κ2) is 8.44. The van der Waals surface area contributed by atoms with E-state index in [4.69, 9.17) is 9.47 Å². The van der Waals surface area contributed by atoms with Crippen molar-refractivity contribution in [3.8, 4) is 0 Å². The van der Waals surface area contributed by atoms with Gasteiger partial charge in [0, 0.05) is 46.3 Å². The van der Waals surface area contributed by atoms with E-state index in [1.165, 1.54) is 0 Å². The van der Waals surface area contributed by atoms with Crippen LogP contribution in [-0.4, -0.2) is 81.0 Å². The highest BCUT2D eigenvalue weighted by atomic mass is 16.5. The first-order valence-corrected chi connectivity index (χ1v) is 7.34. The fraction of sp³-hybridized carbons (Fsp3) is 0.929. The summed E-state index contributed by atoms with van der Waals surface area (Å²) in [6, 6.07) is 0. The van der Waals surface area contributed by atoms with Gasteiger partial charge in [0.2, 0.25) is 0 Å². The zero-order valence-corrected chi connectivity index (χ0v) is 13.3. The van der Waals surface area contributed by atoms with Crippen LogP contribution >= 0.6 is 0 Å². The Bertz CT molecular complexity index is 284. The summed E-state index contributed by atoms with van der Waals surface area (Å²) in [5.41, 5.74) is -0.0565. The molecule has 20 heavy (non-hydrogen) atoms. The van der Waals surface area contributed by atoms with Crippen molar-refractivity contribution in [1.82, 2.24) is 15.1 Å². The first-order valence-electron chi connectivity index (χ1n) is 7.34. The van der Waals surface area contributed by atoms with Gasteiger partial charge in [-0.15, -0.1) is 0 Å². The minimum atomic E-state index is -0.358. The minimum absolute atomic E-state index is 0.0565. The van der Waals surface area contributed by atoms with Crippen molar-refractivity contribution in [3.63, 3.8) is 0 Å². The Morgan fingerprint density at radius 1 is 1.05 bits per heavy atom. The van der Waals surface area contributed by atoms with Gasteiger partial charge in [-0.2, -0.15) is 0 Å². The van der Waals surface area contributed by atoms with E-state index in [1.807, 2.05) is 0 Å². The van der Waals surface area contributed by atoms with Gasteiger partial charge in [0.1, 0.15) is 6.61 Å². The van der Waals surface area contributed by atoms with Crippen LogP contribution in [0.4, 0.5) is 4.79 Å². The fourth-order valence-corrected chi connectivity index (χ4v) is 2.06. The Balaban J connectivity index is 2.06. The molecule has 0 atom stereocenters. The van der Waals surface area contributed by atoms with Gasteiger partial charge in [0.25, 0.3) is 0 Å². The maximum atomic E-state index is 10.9. The van der Waals surface area contributed by atoms with Crippen LogP contribution in [0.2, 0.25) is 0 Å². The summed E-state index contributed by atoms with van der Waals surface area (Å²) in [6.07, 6.45) is -0.358. The zero-order valence-electron chi connectivity index (χ0n) is 13.3. The lowest BCUT2D eigenvalue weighted by molar-refractivity contribution is -0.0183. The molecule has 0 saturated carbocycles. The van der Waals surface area contributed by atoms with Crippen molar-refractivity contribution in [3.05, 3.63) is 0 Å². The predicted octanol–water partition coefficient (Wildman–Crippen LogP) is 0.775. The van der Waals surface area contributed by atoms with Gasteiger partial charge in [-0.25, -0.2) is 4.79 Å². The monoisotopic (exact) mass is 287 g/mol. The molecular formula is C14H29N3O3. The van der Waals surface area contributed by atoms with E-state index in [9.17, 15) is 4.79 Å². The predicted molar refractivity (Wildman–Crippen MR) is 79.0 cm³/mol. The molecule has 1 amide bonds. The highest BCUT2D eigenvalue weighted by Gasteiger charge is 2.17. The van der Waals surface area contributed by atoms with Crippen LogP contribution < -0.4 is 5.32 Å². The highest BCUT2D eigenvalue weighted by molar-refractivity contribution is 5.66. The maximum absolute atomic E-state index is 10.9. The van der Waals surface area contributed by atoms with Gasteiger partial charge in [0.05, 0.1) is 12.2 Å². The topological polar surface area (TPSA) is 54.0 Å². The Morgan fingerprint density at radius 3 is 2.00 bits per heavy atom. The Morgan fingerprint density at radius 2 is 1.55 bits per heavy atom. The third kappa shape index (κ3) is 7.67. The molecule has 0 unspecified atom stereocenters. The number of carbonyl (C=O) groups is 1. The molecule has 0 aromatic rings. The van der Waals surface area contributed by atoms with Crippen molar-refractivity contribution in [1.29, 1.82) is 0 Å². The van der Waals surface area contributed by atoms with Crippen molar-refractivity contribution >= 4 is 6.09 Å². The third-order valence-corrected chi connectivity index (χ3v) is 3.25. The molecule has 0 aromatic heterocycles. The summed E-state index contributed by atoms with van der Waals surface area (Å²) in [6.45, 7) is 13.4. The van der Waals surface area contributed by atoms with Crippen LogP contribution in [0.1, 0.15) is 20.8 Å². The molecule has 0 aromatic carbocycles. The van der Waals surface area contributed by atoms with Crippen molar-refractivity contribution < 1.29 is 14.3 Å². The van der Waals surface area contributed by atoms with Crippen molar-refractivity contribution in [2.75, 3.05) is 59.5 Å². The summed E-state index contributed by atoms with van der Waals surface area (Å²) < 4.78 is 10.7. The summed E-state index contributed by atoms with van der Waals surface area (Å²) in [5.74, 6) is 0. The summed E-state index contributed by atoms with van der Waals surface area (Å²) >= 11 is 0. The minimum Gasteiger partial charge on any atom is -0.448 e. The van der Waals surface area contributed by atoms with Crippen LogP contribution in [0.3, 0.4) is 0 Å². The Labute approximate surface area is 122 Å². The number of hydrogen-bond donors (Lipinski definition) is 1. The van der Waals surface area contributed by atoms with E-state index in [0.29, 0.717) is 6.61 Å². The van der Waals surface area contributed by atoms with Crippen LogP contribution in [0.25, 0.3) is 0 Å². The van der Waals surface area contributed by atoms with Gasteiger partial charge in [0.15, 0.2) is 0 Å². The van der Waals surface area contributed by atoms with E-state index >= 15 is 0 Å². The van der Waals surface area contributed by atoms with E-state index in [2.05, 4.69) is 35.9 Å². The smallest absolute Gasteiger partial charge is 0.406 e. The number of hydrogen-bond acceptors (Lipinski definition) is 5. The van der Waals surface area contributed by atoms with E-state index in [0.717, 1.165) is 45.9 Å². The summed E-state index contributed by atoms with van der Waals surface area (Å²) in [5, 5.41) is 2.44. The average molecular weight is 287 g/mol. The lowest BCUT2D eigenvalue weighted by atomic mass is 10.2. The van der Waals surface area contributed by atoms with E-state index in [1.54, 1.807) is 7.05 Å². The van der Waals surface area contributed by atoms with Gasteiger partial charge in [-0.1, -0.05) is 0 Å². The molecule has 1 saturated heterocycles. The number of alkyl carbamates (subject to hydrolysis) is 1. The van der Waals surface area contributed by atoms with Gasteiger partial charge < -0.3 is 14.8 Å². The van der Waals surface area contributed by atoms with Crippen LogP contribution in [0.15, 0.2) is 0 Å². The first-order chi connectivity index (χ1) is 9.40. The first kappa shape index (κ1) is 17.2. The maximum Gasteiger partial charge on any atom is 0.406 e. The standard InChI is InChI=1S/C14H29N3O3/c1-14(2,3)20-12-10-17-7-5-16(6-8-17)9-11-19-13(18)15-4/h5-12H2,1-4H3,(H,15,18). The molecule has 0 bridgehead atoms. The van der Waals surface area contributed by atoms with Crippen LogP contribution in [0.5, 0.6) is 0 Å². The molecular weight excluding hydrogens is 258 g/mol. The molecule has 118 valence electrons. The number of amides is 1. The Kier molecular flexibility index (Phi) is 7.26. The summed E-state index contributed by atoms with van der Waals surface area (Å²) in [4.78, 5) is 15.7. The number of nitrogens with one attached hydrogen (secondary N) is 1. The highest BCUT2D eigenvalue weighted by Crippen LogP contribution is 2.07. The number of nitrogens with zero attached hydrogens (tertiary/aromatic N) is 2. The molecule has 1 aliphatic heterocycles. The Hall–Kier alpha value is -0.850. The quantitative estimate of drug-likeness (QED) is 0.782. The molecule has 1 aliphatic rings. The van der Waals surface area contributed by atoms with E-state index in [-0.39, 0.29) is 11.7 Å². The molecule has 0 aliphatic carbocycles.